The van der Waals surface area contributed by atoms with Crippen molar-refractivity contribution in [2.45, 2.75) is 19.8 Å². The van der Waals surface area contributed by atoms with Crippen molar-refractivity contribution in [2.75, 3.05) is 6.61 Å². The second kappa shape index (κ2) is 15.9. The second-order valence-corrected chi connectivity index (χ2v) is 5.23. The molecule has 0 aliphatic heterocycles. The third kappa shape index (κ3) is 10.6. The molecule has 144 valence electrons. The number of oxime groups is 1. The fourth-order valence-electron chi connectivity index (χ4n) is 1.83. The number of unbranched alkanes of at least 4 members (excludes halogenated alkanes) is 1. The molecule has 0 fully saturated rings. The fourth-order valence-corrected chi connectivity index (χ4v) is 1.83. The Morgan fingerprint density at radius 2 is 1.92 bits per heavy atom. The molecule has 0 aromatic carbocycles. The van der Waals surface area contributed by atoms with E-state index < -0.39 is 0 Å². The number of halogens is 2. The number of ether oxygens (including phenoxy) is 1. The van der Waals surface area contributed by atoms with Crippen LogP contribution in [0.15, 0.2) is 54.1 Å². The molecule has 0 aliphatic carbocycles. The monoisotopic (exact) mass is 585 g/mol. The molecule has 6 nitrogen and oxygen atoms in total. The van der Waals surface area contributed by atoms with Gasteiger partial charge in [-0.15, -0.1) is 0 Å². The van der Waals surface area contributed by atoms with E-state index in [4.69, 9.17) is 9.94 Å². The molecule has 0 bridgehead atoms. The van der Waals surface area contributed by atoms with Crippen LogP contribution in [0, 0.1) is 0 Å². The molecule has 2 rings (SSSR count). The summed E-state index contributed by atoms with van der Waals surface area (Å²) in [6, 6.07) is 9.25. The van der Waals surface area contributed by atoms with Gasteiger partial charge in [0.2, 0.25) is 5.69 Å². The molecule has 0 spiro atoms. The molecule has 0 radical (unpaired) electrons. The Balaban J connectivity index is 0. The quantitative estimate of drug-likeness (QED) is 0.0737. The number of aryl methyl sites for hydroxylation is 2. The van der Waals surface area contributed by atoms with Gasteiger partial charge in [0.05, 0.1) is 6.61 Å². The molecular formula is C18H25I2N3O3. The van der Waals surface area contributed by atoms with Crippen molar-refractivity contribution in [1.29, 1.82) is 0 Å². The van der Waals surface area contributed by atoms with Gasteiger partial charge in [0, 0.05) is 18.2 Å². The molecule has 8 heteroatoms. The first-order valence-electron chi connectivity index (χ1n) is 7.83. The van der Waals surface area contributed by atoms with E-state index in [-0.39, 0.29) is 53.9 Å². The number of pyridine rings is 2. The Labute approximate surface area is 188 Å². The van der Waals surface area contributed by atoms with Gasteiger partial charge in [-0.25, -0.2) is 13.9 Å². The summed E-state index contributed by atoms with van der Waals surface area (Å²) in [6.45, 7) is 2.57. The number of aromatic nitrogens is 2. The van der Waals surface area contributed by atoms with Gasteiger partial charge in [-0.05, 0) is 18.6 Å². The highest BCUT2D eigenvalue weighted by Gasteiger charge is 2.09. The van der Waals surface area contributed by atoms with E-state index in [9.17, 15) is 4.79 Å². The smallest absolute Gasteiger partial charge is 0.344 e. The Kier molecular flexibility index (Phi) is 16.5. The van der Waals surface area contributed by atoms with Gasteiger partial charge in [-0.3, -0.25) is 0 Å². The number of hydrogen-bond acceptors (Lipinski definition) is 4. The van der Waals surface area contributed by atoms with Gasteiger partial charge in [0.25, 0.3) is 0 Å². The molecule has 0 saturated carbocycles. The van der Waals surface area contributed by atoms with Crippen molar-refractivity contribution in [3.63, 3.8) is 0 Å². The molecule has 0 unspecified atom stereocenters. The second-order valence-electron chi connectivity index (χ2n) is 5.23. The average molecular weight is 585 g/mol. The molecule has 0 aliphatic rings. The predicted molar refractivity (Wildman–Crippen MR) is 89.8 cm³/mol. The molecule has 2 aromatic rings. The Hall–Kier alpha value is -1.30. The summed E-state index contributed by atoms with van der Waals surface area (Å²) in [5, 5.41) is 11.1. The lowest BCUT2D eigenvalue weighted by Crippen LogP contribution is -3.00. The molecule has 2 aromatic heterocycles. The molecule has 26 heavy (non-hydrogen) atoms. The van der Waals surface area contributed by atoms with Gasteiger partial charge in [-0.1, -0.05) is 18.5 Å². The van der Waals surface area contributed by atoms with Crippen molar-refractivity contribution < 1.29 is 71.8 Å². The van der Waals surface area contributed by atoms with Crippen LogP contribution in [0.4, 0.5) is 0 Å². The highest BCUT2D eigenvalue weighted by molar-refractivity contribution is 5.88. The summed E-state index contributed by atoms with van der Waals surface area (Å²) >= 11 is 0. The lowest BCUT2D eigenvalue weighted by Gasteiger charge is -2.01. The van der Waals surface area contributed by atoms with Crippen molar-refractivity contribution in [1.82, 2.24) is 0 Å². The van der Waals surface area contributed by atoms with Crippen molar-refractivity contribution >= 4 is 12.2 Å². The van der Waals surface area contributed by atoms with Crippen molar-refractivity contribution in [2.24, 2.45) is 19.3 Å². The third-order valence-electron chi connectivity index (χ3n) is 3.19. The first-order valence-corrected chi connectivity index (χ1v) is 7.83. The normalized spacial score (nSPS) is 9.35. The zero-order valence-corrected chi connectivity index (χ0v) is 19.5. The zero-order valence-electron chi connectivity index (χ0n) is 15.2. The predicted octanol–water partition coefficient (Wildman–Crippen LogP) is -4.20. The first-order chi connectivity index (χ1) is 11.6. The van der Waals surface area contributed by atoms with Gasteiger partial charge in [-0.2, -0.15) is 0 Å². The third-order valence-corrected chi connectivity index (χ3v) is 3.19. The summed E-state index contributed by atoms with van der Waals surface area (Å²) in [7, 11) is 3.76. The number of rotatable bonds is 5. The summed E-state index contributed by atoms with van der Waals surface area (Å²) in [4.78, 5) is 11.4. The summed E-state index contributed by atoms with van der Waals surface area (Å²) in [6.07, 6.45) is 8.87. The van der Waals surface area contributed by atoms with Crippen molar-refractivity contribution in [3.8, 4) is 0 Å². The number of esters is 1. The lowest BCUT2D eigenvalue weighted by atomic mass is 10.3. The first kappa shape index (κ1) is 26.9. The molecule has 0 atom stereocenters. The SMILES string of the molecule is CCCCOC(=O)c1ccc[n+](C)c1.C[n+]1ccccc1C=NO.[I-].[I-]. The van der Waals surface area contributed by atoms with Crippen LogP contribution in [0.25, 0.3) is 0 Å². The van der Waals surface area contributed by atoms with Crippen LogP contribution in [0.1, 0.15) is 35.8 Å². The van der Waals surface area contributed by atoms with Crippen LogP contribution >= 0.6 is 0 Å². The molecule has 0 amide bonds. The van der Waals surface area contributed by atoms with Crippen LogP contribution in [-0.4, -0.2) is 24.0 Å². The maximum atomic E-state index is 11.4. The van der Waals surface area contributed by atoms with E-state index in [0.29, 0.717) is 12.2 Å². The van der Waals surface area contributed by atoms with E-state index in [0.717, 1.165) is 18.5 Å². The van der Waals surface area contributed by atoms with Crippen LogP contribution < -0.4 is 57.1 Å². The Bertz CT molecular complexity index is 682. The van der Waals surface area contributed by atoms with E-state index in [2.05, 4.69) is 12.1 Å². The van der Waals surface area contributed by atoms with E-state index in [1.165, 1.54) is 6.21 Å². The highest BCUT2D eigenvalue weighted by atomic mass is 127. The van der Waals surface area contributed by atoms with Gasteiger partial charge in [0.1, 0.15) is 25.9 Å². The highest BCUT2D eigenvalue weighted by Crippen LogP contribution is 1.99. The van der Waals surface area contributed by atoms with E-state index >= 15 is 0 Å². The lowest BCUT2D eigenvalue weighted by molar-refractivity contribution is -0.672. The molecule has 0 saturated heterocycles. The van der Waals surface area contributed by atoms with Gasteiger partial charge < -0.3 is 57.9 Å². The maximum Gasteiger partial charge on any atom is 0.344 e. The minimum Gasteiger partial charge on any atom is -1.00 e. The van der Waals surface area contributed by atoms with Crippen LogP contribution in [0.3, 0.4) is 0 Å². The maximum absolute atomic E-state index is 11.4. The topological polar surface area (TPSA) is 66.7 Å². The molecule has 1 N–H and O–H groups in total. The Morgan fingerprint density at radius 1 is 1.19 bits per heavy atom. The number of hydrogen-bond donors (Lipinski definition) is 1. The zero-order chi connectivity index (χ0) is 17.8. The van der Waals surface area contributed by atoms with E-state index in [1.54, 1.807) is 12.3 Å². The summed E-state index contributed by atoms with van der Waals surface area (Å²) in [5.74, 6) is -0.241. The van der Waals surface area contributed by atoms with Gasteiger partial charge in [0.15, 0.2) is 18.6 Å². The fraction of sp³-hybridized carbons (Fsp3) is 0.333. The molecular weight excluding hydrogens is 560 g/mol. The van der Waals surface area contributed by atoms with Crippen LogP contribution in [-0.2, 0) is 18.8 Å². The Morgan fingerprint density at radius 3 is 2.50 bits per heavy atom. The van der Waals surface area contributed by atoms with E-state index in [1.807, 2.05) is 59.9 Å². The van der Waals surface area contributed by atoms with Crippen molar-refractivity contribution in [3.05, 3.63) is 60.2 Å². The van der Waals surface area contributed by atoms with Crippen LogP contribution in [0.2, 0.25) is 0 Å². The standard InChI is InChI=1S/C11H16NO2.C7H8N2O.2HI/c1-3-4-8-14-11(13)10-6-5-7-12(2)9-10;1-9-5-3-2-4-7(9)6-8-10;;/h5-7,9H,3-4,8H2,1-2H3;2-6H,1H3;2*1H/q+1;;;/p-1. The van der Waals surface area contributed by atoms with Crippen LogP contribution in [0.5, 0.6) is 0 Å². The largest absolute Gasteiger partial charge is 1.00 e. The van der Waals surface area contributed by atoms with Gasteiger partial charge >= 0.3 is 5.97 Å². The summed E-state index contributed by atoms with van der Waals surface area (Å²) in [5.41, 5.74) is 1.47. The number of carbonyl (C=O) groups excluding carboxylic acids is 1. The molecule has 2 heterocycles. The number of nitrogens with zero attached hydrogens (tertiary/aromatic N) is 3. The summed E-state index contributed by atoms with van der Waals surface area (Å²) < 4.78 is 8.76. The number of carbonyl (C=O) groups is 1. The minimum atomic E-state index is -0.241. The minimum absolute atomic E-state index is 0. The average Bonchev–Trinajstić information content (AvgIpc) is 2.58.